The topological polar surface area (TPSA) is 51.1 Å². The molecule has 0 saturated heterocycles. The van der Waals surface area contributed by atoms with Crippen molar-refractivity contribution >= 4 is 23.4 Å². The second kappa shape index (κ2) is 8.37. The predicted octanol–water partition coefficient (Wildman–Crippen LogP) is 4.98. The minimum atomic E-state index is -2.32. The molecule has 5 nitrogen and oxygen atoms in total. The lowest BCUT2D eigenvalue weighted by Gasteiger charge is -2.15. The third kappa shape index (κ3) is 3.97. The van der Waals surface area contributed by atoms with E-state index in [0.29, 0.717) is 17.1 Å². The molecule has 2 aromatic carbocycles. The number of halogens is 5. The molecular weight excluding hydrogens is 423 g/mol. The van der Waals surface area contributed by atoms with Crippen LogP contribution in [-0.2, 0) is 4.79 Å². The highest BCUT2D eigenvalue weighted by Gasteiger charge is 2.37. The number of carbonyl (C=O) groups is 1. The number of carbonyl (C=O) groups excluding carboxylic acids is 1. The Balaban J connectivity index is 2.02. The van der Waals surface area contributed by atoms with Crippen LogP contribution in [0.3, 0.4) is 0 Å². The second-order valence-corrected chi connectivity index (χ2v) is 6.86. The van der Waals surface area contributed by atoms with Gasteiger partial charge < -0.3 is 9.47 Å². The fraction of sp³-hybridized carbons (Fsp3) is 0.238. The molecule has 0 saturated carbocycles. The van der Waals surface area contributed by atoms with E-state index in [9.17, 15) is 26.7 Å². The van der Waals surface area contributed by atoms with Crippen LogP contribution in [0, 0.1) is 29.1 Å². The van der Waals surface area contributed by atoms with Gasteiger partial charge in [0.05, 0.1) is 24.5 Å². The lowest BCUT2D eigenvalue weighted by atomic mass is 10.1. The lowest BCUT2D eigenvalue weighted by molar-refractivity contribution is -0.114. The Kier molecular flexibility index (Phi) is 6.01. The highest BCUT2D eigenvalue weighted by Crippen LogP contribution is 2.35. The van der Waals surface area contributed by atoms with Gasteiger partial charge in [-0.2, -0.15) is 10.1 Å². The first-order chi connectivity index (χ1) is 14.6. The largest absolute Gasteiger partial charge is 0.493 e. The molecule has 164 valence electrons. The number of nitrogens with zero attached hydrogens (tertiary/aromatic N) is 2. The number of hydrazone groups is 1. The van der Waals surface area contributed by atoms with E-state index in [0.717, 1.165) is 0 Å². The Morgan fingerprint density at radius 3 is 2.10 bits per heavy atom. The van der Waals surface area contributed by atoms with Crippen LogP contribution < -0.4 is 14.5 Å². The molecule has 10 heteroatoms. The van der Waals surface area contributed by atoms with Gasteiger partial charge in [0.15, 0.2) is 34.8 Å². The molecule has 3 rings (SSSR count). The molecule has 0 unspecified atom stereocenters. The van der Waals surface area contributed by atoms with Crippen molar-refractivity contribution in [3.63, 3.8) is 0 Å². The Bertz CT molecular complexity index is 1100. The maximum absolute atomic E-state index is 14.1. The van der Waals surface area contributed by atoms with Crippen molar-refractivity contribution in [2.45, 2.75) is 26.9 Å². The van der Waals surface area contributed by atoms with Gasteiger partial charge in [-0.05, 0) is 44.5 Å². The van der Waals surface area contributed by atoms with Crippen LogP contribution in [0.25, 0.3) is 6.08 Å². The number of methoxy groups -OCH3 is 1. The predicted molar refractivity (Wildman–Crippen MR) is 104 cm³/mol. The fourth-order valence-electron chi connectivity index (χ4n) is 2.91. The first-order valence-corrected chi connectivity index (χ1v) is 9.04. The van der Waals surface area contributed by atoms with E-state index in [1.165, 1.54) is 20.1 Å². The molecule has 0 radical (unpaired) electrons. The average Bonchev–Trinajstić information content (AvgIpc) is 2.99. The van der Waals surface area contributed by atoms with Crippen LogP contribution in [0.15, 0.2) is 28.9 Å². The molecule has 0 fully saturated rings. The van der Waals surface area contributed by atoms with E-state index in [4.69, 9.17) is 9.47 Å². The first kappa shape index (κ1) is 22.3. The zero-order valence-corrected chi connectivity index (χ0v) is 16.9. The van der Waals surface area contributed by atoms with Gasteiger partial charge in [0.1, 0.15) is 5.69 Å². The third-order valence-electron chi connectivity index (χ3n) is 4.32. The zero-order valence-electron chi connectivity index (χ0n) is 16.9. The monoisotopic (exact) mass is 440 g/mol. The molecule has 0 spiro atoms. The van der Waals surface area contributed by atoms with Crippen LogP contribution >= 0.6 is 0 Å². The van der Waals surface area contributed by atoms with Gasteiger partial charge in [-0.3, -0.25) is 4.79 Å². The number of amides is 1. The van der Waals surface area contributed by atoms with Gasteiger partial charge in [-0.1, -0.05) is 6.07 Å². The highest BCUT2D eigenvalue weighted by molar-refractivity contribution is 6.32. The van der Waals surface area contributed by atoms with Crippen molar-refractivity contribution < 1.29 is 36.2 Å². The van der Waals surface area contributed by atoms with E-state index in [2.05, 4.69) is 5.10 Å². The number of anilines is 1. The summed E-state index contributed by atoms with van der Waals surface area (Å²) in [6.07, 6.45) is 1.24. The van der Waals surface area contributed by atoms with Gasteiger partial charge in [0.2, 0.25) is 5.82 Å². The standard InChI is InChI=1S/C21H17F5N2O3/c1-9(2)31-13-6-5-11(8-14(13)30-4)7-12-10(3)27-28(21(12)29)20-18(25)16(23)15(22)17(24)19(20)26/h5-9H,1-4H3/b12-7+. The van der Waals surface area contributed by atoms with E-state index in [1.54, 1.807) is 18.2 Å². The summed E-state index contributed by atoms with van der Waals surface area (Å²) < 4.78 is 79.5. The molecule has 1 amide bonds. The van der Waals surface area contributed by atoms with Crippen molar-refractivity contribution in [3.8, 4) is 11.5 Å². The molecule has 1 heterocycles. The number of rotatable bonds is 5. The van der Waals surface area contributed by atoms with Gasteiger partial charge in [-0.25, -0.2) is 22.0 Å². The smallest absolute Gasteiger partial charge is 0.280 e. The molecule has 1 aliphatic heterocycles. The van der Waals surface area contributed by atoms with Gasteiger partial charge in [0, 0.05) is 0 Å². The van der Waals surface area contributed by atoms with E-state index >= 15 is 0 Å². The maximum atomic E-state index is 14.1. The molecular formula is C21H17F5N2O3. The molecule has 0 aliphatic carbocycles. The Morgan fingerprint density at radius 1 is 0.968 bits per heavy atom. The van der Waals surface area contributed by atoms with Crippen molar-refractivity contribution in [2.75, 3.05) is 12.1 Å². The quantitative estimate of drug-likeness (QED) is 0.285. The normalized spacial score (nSPS) is 15.2. The van der Waals surface area contributed by atoms with Crippen molar-refractivity contribution in [2.24, 2.45) is 5.10 Å². The molecule has 0 atom stereocenters. The summed E-state index contributed by atoms with van der Waals surface area (Å²) in [5.74, 6) is -11.2. The summed E-state index contributed by atoms with van der Waals surface area (Å²) in [6, 6.07) is 4.78. The van der Waals surface area contributed by atoms with E-state index in [1.807, 2.05) is 13.8 Å². The molecule has 0 bridgehead atoms. The third-order valence-corrected chi connectivity index (χ3v) is 4.32. The van der Waals surface area contributed by atoms with Crippen LogP contribution in [0.4, 0.5) is 27.6 Å². The van der Waals surface area contributed by atoms with Crippen LogP contribution in [0.1, 0.15) is 26.3 Å². The molecule has 0 N–H and O–H groups in total. The average molecular weight is 440 g/mol. The van der Waals surface area contributed by atoms with Crippen molar-refractivity contribution in [1.29, 1.82) is 0 Å². The Morgan fingerprint density at radius 2 is 1.55 bits per heavy atom. The molecule has 2 aromatic rings. The van der Waals surface area contributed by atoms with Crippen LogP contribution in [0.5, 0.6) is 11.5 Å². The number of hydrogen-bond donors (Lipinski definition) is 0. The summed E-state index contributed by atoms with van der Waals surface area (Å²) >= 11 is 0. The van der Waals surface area contributed by atoms with Crippen molar-refractivity contribution in [3.05, 3.63) is 58.4 Å². The molecule has 1 aliphatic rings. The van der Waals surface area contributed by atoms with Crippen molar-refractivity contribution in [1.82, 2.24) is 0 Å². The van der Waals surface area contributed by atoms with Gasteiger partial charge in [-0.15, -0.1) is 0 Å². The molecule has 0 aromatic heterocycles. The minimum Gasteiger partial charge on any atom is -0.493 e. The van der Waals surface area contributed by atoms with E-state index < -0.39 is 40.7 Å². The Labute approximate surface area is 174 Å². The van der Waals surface area contributed by atoms with Crippen LogP contribution in [-0.4, -0.2) is 24.8 Å². The summed E-state index contributed by atoms with van der Waals surface area (Å²) in [5.41, 5.74) is -1.05. The Hall–Kier alpha value is -3.43. The summed E-state index contributed by atoms with van der Waals surface area (Å²) in [5, 5.41) is 3.85. The number of benzene rings is 2. The first-order valence-electron chi connectivity index (χ1n) is 9.04. The van der Waals surface area contributed by atoms with E-state index in [-0.39, 0.29) is 22.4 Å². The molecule has 31 heavy (non-hydrogen) atoms. The summed E-state index contributed by atoms with van der Waals surface area (Å²) in [7, 11) is 1.43. The number of ether oxygens (including phenoxy) is 2. The maximum Gasteiger partial charge on any atom is 0.280 e. The van der Waals surface area contributed by atoms with Gasteiger partial charge >= 0.3 is 0 Å². The zero-order chi connectivity index (χ0) is 23.0. The second-order valence-electron chi connectivity index (χ2n) is 6.86. The highest BCUT2D eigenvalue weighted by atomic mass is 19.2. The summed E-state index contributed by atoms with van der Waals surface area (Å²) in [4.78, 5) is 12.7. The summed E-state index contributed by atoms with van der Waals surface area (Å²) in [6.45, 7) is 5.03. The minimum absolute atomic E-state index is 0.0235. The van der Waals surface area contributed by atoms with Crippen LogP contribution in [0.2, 0.25) is 0 Å². The SMILES string of the molecule is COc1cc(/C=C2/C(=O)N(c3c(F)c(F)c(F)c(F)c3F)N=C2C)ccc1OC(C)C. The lowest BCUT2D eigenvalue weighted by Crippen LogP contribution is -2.25. The number of hydrogen-bond acceptors (Lipinski definition) is 4. The van der Waals surface area contributed by atoms with Gasteiger partial charge in [0.25, 0.3) is 5.91 Å². The fourth-order valence-corrected chi connectivity index (χ4v) is 2.91.